The maximum absolute atomic E-state index is 13.1. The molecule has 0 bridgehead atoms. The standard InChI is InChI=1S/C24H24BrNO4/c1-15-21(27)19-13-18(25)14-20(23(19)30-22(15)17-9-5-3-6-10-17)24(28)29-16(2)26-11-7-4-8-12-26/h3,5-6,9-10,13-14,16H,4,7-8,11-12H2,1-2H3. The highest BCUT2D eigenvalue weighted by molar-refractivity contribution is 9.10. The highest BCUT2D eigenvalue weighted by atomic mass is 79.9. The van der Waals surface area contributed by atoms with Crippen molar-refractivity contribution in [2.75, 3.05) is 13.1 Å². The van der Waals surface area contributed by atoms with Crippen molar-refractivity contribution in [2.24, 2.45) is 0 Å². The van der Waals surface area contributed by atoms with Gasteiger partial charge in [-0.15, -0.1) is 0 Å². The summed E-state index contributed by atoms with van der Waals surface area (Å²) in [5.74, 6) is -0.0288. The number of likely N-dealkylation sites (tertiary alicyclic amines) is 1. The Morgan fingerprint density at radius 2 is 1.83 bits per heavy atom. The normalized spacial score (nSPS) is 15.8. The third kappa shape index (κ3) is 4.07. The Bertz CT molecular complexity index is 1130. The number of hydrogen-bond acceptors (Lipinski definition) is 5. The molecular formula is C24H24BrNO4. The Morgan fingerprint density at radius 1 is 1.13 bits per heavy atom. The van der Waals surface area contributed by atoms with Crippen LogP contribution >= 0.6 is 15.9 Å². The summed E-state index contributed by atoms with van der Waals surface area (Å²) in [6, 6.07) is 12.8. The van der Waals surface area contributed by atoms with Crippen molar-refractivity contribution in [3.05, 3.63) is 68.3 Å². The van der Waals surface area contributed by atoms with Crippen LogP contribution in [0.1, 0.15) is 42.1 Å². The average Bonchev–Trinajstić information content (AvgIpc) is 2.77. The fourth-order valence-corrected chi connectivity index (χ4v) is 4.41. The minimum absolute atomic E-state index is 0.158. The molecule has 1 atom stereocenters. The largest absolute Gasteiger partial charge is 0.455 e. The average molecular weight is 470 g/mol. The molecule has 1 fully saturated rings. The van der Waals surface area contributed by atoms with E-state index in [0.29, 0.717) is 21.2 Å². The molecule has 1 saturated heterocycles. The van der Waals surface area contributed by atoms with Crippen molar-refractivity contribution < 1.29 is 13.9 Å². The second-order valence-electron chi connectivity index (χ2n) is 7.68. The first-order valence-electron chi connectivity index (χ1n) is 10.2. The van der Waals surface area contributed by atoms with Crippen molar-refractivity contribution in [1.29, 1.82) is 0 Å². The van der Waals surface area contributed by atoms with Crippen molar-refractivity contribution in [1.82, 2.24) is 4.90 Å². The number of carbonyl (C=O) groups is 1. The zero-order valence-corrected chi connectivity index (χ0v) is 18.7. The van der Waals surface area contributed by atoms with E-state index in [1.54, 1.807) is 19.1 Å². The van der Waals surface area contributed by atoms with Gasteiger partial charge in [0.05, 0.1) is 5.39 Å². The topological polar surface area (TPSA) is 59.8 Å². The van der Waals surface area contributed by atoms with Gasteiger partial charge in [-0.05, 0) is 38.8 Å². The number of carbonyl (C=O) groups excluding carboxylic acids is 1. The second-order valence-corrected chi connectivity index (χ2v) is 8.60. The van der Waals surface area contributed by atoms with Crippen LogP contribution in [0, 0.1) is 6.92 Å². The Hall–Kier alpha value is -2.44. The van der Waals surface area contributed by atoms with E-state index in [-0.39, 0.29) is 22.8 Å². The van der Waals surface area contributed by atoms with Gasteiger partial charge in [-0.1, -0.05) is 52.7 Å². The van der Waals surface area contributed by atoms with Crippen LogP contribution < -0.4 is 5.43 Å². The fraction of sp³-hybridized carbons (Fsp3) is 0.333. The molecule has 0 amide bonds. The lowest BCUT2D eigenvalue weighted by Gasteiger charge is -2.31. The molecule has 30 heavy (non-hydrogen) atoms. The van der Waals surface area contributed by atoms with Gasteiger partial charge in [-0.25, -0.2) is 4.79 Å². The quantitative estimate of drug-likeness (QED) is 0.470. The molecule has 5 nitrogen and oxygen atoms in total. The molecule has 156 valence electrons. The molecule has 2 aromatic carbocycles. The van der Waals surface area contributed by atoms with Crippen LogP contribution in [0.5, 0.6) is 0 Å². The van der Waals surface area contributed by atoms with Gasteiger partial charge in [0.1, 0.15) is 11.3 Å². The van der Waals surface area contributed by atoms with Crippen molar-refractivity contribution in [3.63, 3.8) is 0 Å². The first-order valence-corrected chi connectivity index (χ1v) is 11.0. The van der Waals surface area contributed by atoms with E-state index in [0.717, 1.165) is 31.5 Å². The summed E-state index contributed by atoms with van der Waals surface area (Å²) in [6.45, 7) is 5.46. The zero-order chi connectivity index (χ0) is 21.3. The van der Waals surface area contributed by atoms with Crippen molar-refractivity contribution >= 4 is 32.9 Å². The molecule has 0 saturated carbocycles. The van der Waals surface area contributed by atoms with Crippen LogP contribution in [0.2, 0.25) is 0 Å². The number of nitrogens with zero attached hydrogens (tertiary/aromatic N) is 1. The number of benzene rings is 2. The summed E-state index contributed by atoms with van der Waals surface area (Å²) in [4.78, 5) is 28.3. The van der Waals surface area contributed by atoms with Crippen LogP contribution in [-0.4, -0.2) is 30.2 Å². The van der Waals surface area contributed by atoms with Gasteiger partial charge >= 0.3 is 5.97 Å². The smallest absolute Gasteiger partial charge is 0.343 e. The number of hydrogen-bond donors (Lipinski definition) is 0. The lowest BCUT2D eigenvalue weighted by Crippen LogP contribution is -2.40. The van der Waals surface area contributed by atoms with E-state index in [4.69, 9.17) is 9.15 Å². The summed E-state index contributed by atoms with van der Waals surface area (Å²) in [5, 5.41) is 0.360. The van der Waals surface area contributed by atoms with E-state index < -0.39 is 5.97 Å². The number of halogens is 1. The van der Waals surface area contributed by atoms with E-state index in [9.17, 15) is 9.59 Å². The van der Waals surface area contributed by atoms with E-state index in [1.807, 2.05) is 37.3 Å². The monoisotopic (exact) mass is 469 g/mol. The zero-order valence-electron chi connectivity index (χ0n) is 17.1. The molecule has 1 aliphatic heterocycles. The number of fused-ring (bicyclic) bond motifs is 1. The Morgan fingerprint density at radius 3 is 2.53 bits per heavy atom. The molecule has 3 aromatic rings. The summed E-state index contributed by atoms with van der Waals surface area (Å²) in [5.41, 5.74) is 1.64. The van der Waals surface area contributed by atoms with Crippen molar-refractivity contribution in [2.45, 2.75) is 39.3 Å². The van der Waals surface area contributed by atoms with Crippen LogP contribution in [-0.2, 0) is 4.74 Å². The predicted octanol–water partition coefficient (Wildman–Crippen LogP) is 5.52. The molecular weight excluding hydrogens is 446 g/mol. The summed E-state index contributed by atoms with van der Waals surface area (Å²) in [6.07, 6.45) is 3.09. The lowest BCUT2D eigenvalue weighted by atomic mass is 10.0. The van der Waals surface area contributed by atoms with Gasteiger partial charge in [0.2, 0.25) is 0 Å². The van der Waals surface area contributed by atoms with E-state index in [2.05, 4.69) is 20.8 Å². The molecule has 0 spiro atoms. The lowest BCUT2D eigenvalue weighted by molar-refractivity contribution is -0.0297. The Labute approximate surface area is 183 Å². The molecule has 0 N–H and O–H groups in total. The third-order valence-electron chi connectivity index (χ3n) is 5.62. The fourth-order valence-electron chi connectivity index (χ4n) is 3.95. The highest BCUT2D eigenvalue weighted by Crippen LogP contribution is 2.30. The van der Waals surface area contributed by atoms with Crippen LogP contribution in [0.3, 0.4) is 0 Å². The van der Waals surface area contributed by atoms with Crippen LogP contribution in [0.4, 0.5) is 0 Å². The Balaban J connectivity index is 1.78. The molecule has 0 aliphatic carbocycles. The van der Waals surface area contributed by atoms with E-state index >= 15 is 0 Å². The molecule has 1 aliphatic rings. The molecule has 2 heterocycles. The summed E-state index contributed by atoms with van der Waals surface area (Å²) >= 11 is 3.42. The maximum Gasteiger partial charge on any atom is 0.343 e. The number of ether oxygens (including phenoxy) is 1. The molecule has 6 heteroatoms. The summed E-state index contributed by atoms with van der Waals surface area (Å²) in [7, 11) is 0. The molecule has 1 aromatic heterocycles. The van der Waals surface area contributed by atoms with Crippen LogP contribution in [0.15, 0.2) is 56.1 Å². The minimum Gasteiger partial charge on any atom is -0.455 e. The number of esters is 1. The van der Waals surface area contributed by atoms with Crippen molar-refractivity contribution in [3.8, 4) is 11.3 Å². The highest BCUT2D eigenvalue weighted by Gasteiger charge is 2.24. The van der Waals surface area contributed by atoms with Gasteiger partial charge in [0, 0.05) is 28.7 Å². The maximum atomic E-state index is 13.1. The molecule has 0 radical (unpaired) electrons. The predicted molar refractivity (Wildman–Crippen MR) is 121 cm³/mol. The van der Waals surface area contributed by atoms with E-state index in [1.165, 1.54) is 6.42 Å². The molecule has 4 rings (SSSR count). The second kappa shape index (κ2) is 8.74. The first-order chi connectivity index (χ1) is 14.5. The number of piperidine rings is 1. The van der Waals surface area contributed by atoms with Gasteiger partial charge in [-0.2, -0.15) is 0 Å². The van der Waals surface area contributed by atoms with Gasteiger partial charge in [-0.3, -0.25) is 9.69 Å². The number of rotatable bonds is 4. The van der Waals surface area contributed by atoms with Crippen LogP contribution in [0.25, 0.3) is 22.3 Å². The third-order valence-corrected chi connectivity index (χ3v) is 6.08. The van der Waals surface area contributed by atoms with Gasteiger partial charge in [0.15, 0.2) is 17.2 Å². The SMILES string of the molecule is Cc1c(-c2ccccc2)oc2c(C(=O)OC(C)N3CCCCC3)cc(Br)cc2c1=O. The molecule has 1 unspecified atom stereocenters. The summed E-state index contributed by atoms with van der Waals surface area (Å²) < 4.78 is 12.5. The Kier molecular flexibility index (Phi) is 6.06. The first kappa shape index (κ1) is 20.8. The minimum atomic E-state index is -0.495. The van der Waals surface area contributed by atoms with Gasteiger partial charge < -0.3 is 9.15 Å². The van der Waals surface area contributed by atoms with Gasteiger partial charge in [0.25, 0.3) is 0 Å².